The number of carbonyl (C=O) groups excluding carboxylic acids is 1. The summed E-state index contributed by atoms with van der Waals surface area (Å²) >= 11 is 0. The highest BCUT2D eigenvalue weighted by atomic mass is 17.2. The first-order chi connectivity index (χ1) is 12.5. The van der Waals surface area contributed by atoms with Gasteiger partial charge in [0.25, 0.3) is 0 Å². The molecular weight excluding hydrogens is 334 g/mol. The number of nitrogens with zero attached hydrogens (tertiary/aromatic N) is 5. The van der Waals surface area contributed by atoms with E-state index in [0.717, 1.165) is 16.6 Å². The lowest BCUT2D eigenvalue weighted by atomic mass is 10.2. The number of aryl methyl sites for hydroxylation is 1. The maximum absolute atomic E-state index is 12.0. The summed E-state index contributed by atoms with van der Waals surface area (Å²) in [6, 6.07) is 7.89. The zero-order valence-electron chi connectivity index (χ0n) is 15.1. The third-order valence-electron chi connectivity index (χ3n) is 4.05. The van der Waals surface area contributed by atoms with Gasteiger partial charge >= 0.3 is 5.97 Å². The van der Waals surface area contributed by atoms with E-state index in [4.69, 9.17) is 0 Å². The normalized spacial score (nSPS) is 11.1. The molecule has 3 aromatic rings. The van der Waals surface area contributed by atoms with Crippen LogP contribution in [0.15, 0.2) is 24.4 Å². The van der Waals surface area contributed by atoms with Crippen molar-refractivity contribution in [3.63, 3.8) is 0 Å². The molecule has 1 aromatic carbocycles. The first kappa shape index (κ1) is 17.6. The Hall–Kier alpha value is -3.18. The molecule has 0 radical (unpaired) electrons. The van der Waals surface area contributed by atoms with E-state index in [9.17, 15) is 10.1 Å². The van der Waals surface area contributed by atoms with Gasteiger partial charge in [0.1, 0.15) is 11.6 Å². The summed E-state index contributed by atoms with van der Waals surface area (Å²) in [5.74, 6) is -0.595. The van der Waals surface area contributed by atoms with Crippen molar-refractivity contribution < 1.29 is 14.6 Å². The molecule has 0 N–H and O–H groups in total. The van der Waals surface area contributed by atoms with Crippen LogP contribution in [-0.2, 0) is 16.2 Å². The van der Waals surface area contributed by atoms with E-state index in [1.165, 1.54) is 7.11 Å². The Bertz CT molecular complexity index is 1010. The van der Waals surface area contributed by atoms with Crippen LogP contribution in [0.2, 0.25) is 0 Å². The molecule has 0 unspecified atom stereocenters. The average molecular weight is 353 g/mol. The lowest BCUT2D eigenvalue weighted by molar-refractivity contribution is -0.216. The molecule has 0 amide bonds. The zero-order valence-corrected chi connectivity index (χ0v) is 15.1. The fraction of sp³-hybridized carbons (Fsp3) is 0.333. The lowest BCUT2D eigenvalue weighted by Gasteiger charge is -2.07. The largest absolute Gasteiger partial charge is 0.376 e. The van der Waals surface area contributed by atoms with E-state index < -0.39 is 5.97 Å². The lowest BCUT2D eigenvalue weighted by Crippen LogP contribution is -2.05. The third-order valence-corrected chi connectivity index (χ3v) is 4.05. The molecule has 134 valence electrons. The Morgan fingerprint density at radius 1 is 1.35 bits per heavy atom. The van der Waals surface area contributed by atoms with Crippen LogP contribution in [0.3, 0.4) is 0 Å². The van der Waals surface area contributed by atoms with Crippen molar-refractivity contribution in [3.05, 3.63) is 41.3 Å². The highest BCUT2D eigenvalue weighted by molar-refractivity contribution is 5.90. The fourth-order valence-corrected chi connectivity index (χ4v) is 2.84. The summed E-state index contributed by atoms with van der Waals surface area (Å²) in [7, 11) is 1.28. The molecule has 2 heterocycles. The van der Waals surface area contributed by atoms with E-state index >= 15 is 0 Å². The number of hydrogen-bond acceptors (Lipinski definition) is 6. The molecule has 0 fully saturated rings. The number of rotatable bonds is 5. The Morgan fingerprint density at radius 2 is 2.12 bits per heavy atom. The van der Waals surface area contributed by atoms with Gasteiger partial charge in [-0.15, -0.1) is 0 Å². The van der Waals surface area contributed by atoms with Gasteiger partial charge in [-0.25, -0.2) is 9.48 Å². The first-order valence-electron chi connectivity index (χ1n) is 8.26. The Balaban J connectivity index is 2.12. The molecule has 0 aliphatic rings. The van der Waals surface area contributed by atoms with Crippen molar-refractivity contribution in [2.45, 2.75) is 33.2 Å². The molecular formula is C18H19N5O3. The predicted molar refractivity (Wildman–Crippen MR) is 93.8 cm³/mol. The van der Waals surface area contributed by atoms with E-state index in [0.29, 0.717) is 23.4 Å². The van der Waals surface area contributed by atoms with Crippen LogP contribution in [0.1, 0.15) is 48.6 Å². The highest BCUT2D eigenvalue weighted by Crippen LogP contribution is 2.25. The van der Waals surface area contributed by atoms with Crippen LogP contribution in [0, 0.1) is 11.3 Å². The van der Waals surface area contributed by atoms with Crippen molar-refractivity contribution in [3.8, 4) is 11.8 Å². The number of aromatic nitrogens is 4. The summed E-state index contributed by atoms with van der Waals surface area (Å²) in [6.07, 6.45) is 2.17. The van der Waals surface area contributed by atoms with Gasteiger partial charge in [-0.2, -0.15) is 20.3 Å². The fourth-order valence-electron chi connectivity index (χ4n) is 2.84. The first-order valence-corrected chi connectivity index (χ1v) is 8.26. The van der Waals surface area contributed by atoms with Gasteiger partial charge in [-0.05, 0) is 38.5 Å². The number of benzene rings is 1. The summed E-state index contributed by atoms with van der Waals surface area (Å²) in [6.45, 7) is 5.92. The van der Waals surface area contributed by atoms with Gasteiger partial charge in [0.15, 0.2) is 5.69 Å². The van der Waals surface area contributed by atoms with Crippen molar-refractivity contribution in [1.82, 2.24) is 19.6 Å². The van der Waals surface area contributed by atoms with Crippen LogP contribution < -0.4 is 0 Å². The monoisotopic (exact) mass is 353 g/mol. The SMILES string of the molecule is CCc1nn(-c2ccc3c(c2)c(C#N)nn3C(C)C)cc1C(=O)OOC. The molecule has 8 nitrogen and oxygen atoms in total. The second kappa shape index (κ2) is 6.98. The van der Waals surface area contributed by atoms with Gasteiger partial charge in [0.2, 0.25) is 0 Å². The van der Waals surface area contributed by atoms with Gasteiger partial charge in [0.05, 0.1) is 24.0 Å². The molecule has 26 heavy (non-hydrogen) atoms. The Morgan fingerprint density at radius 3 is 2.73 bits per heavy atom. The van der Waals surface area contributed by atoms with E-state index in [1.807, 2.05) is 43.7 Å². The maximum atomic E-state index is 12.0. The molecule has 0 atom stereocenters. The van der Waals surface area contributed by atoms with Crippen molar-refractivity contribution in [1.29, 1.82) is 5.26 Å². The van der Waals surface area contributed by atoms with E-state index in [-0.39, 0.29) is 6.04 Å². The van der Waals surface area contributed by atoms with E-state index in [2.05, 4.69) is 26.0 Å². The number of fused-ring (bicyclic) bond motifs is 1. The molecule has 0 bridgehead atoms. The second-order valence-corrected chi connectivity index (χ2v) is 6.03. The molecule has 0 spiro atoms. The summed E-state index contributed by atoms with van der Waals surface area (Å²) < 4.78 is 3.41. The summed E-state index contributed by atoms with van der Waals surface area (Å²) in [4.78, 5) is 21.1. The topological polar surface area (TPSA) is 95.0 Å². The van der Waals surface area contributed by atoms with Gasteiger partial charge < -0.3 is 0 Å². The van der Waals surface area contributed by atoms with Gasteiger partial charge in [-0.1, -0.05) is 6.92 Å². The minimum Gasteiger partial charge on any atom is -0.293 e. The molecule has 2 aromatic heterocycles. The average Bonchev–Trinajstić information content (AvgIpc) is 3.22. The molecule has 0 saturated heterocycles. The predicted octanol–water partition coefficient (Wildman–Crippen LogP) is 2.96. The van der Waals surface area contributed by atoms with Gasteiger partial charge in [0, 0.05) is 17.6 Å². The highest BCUT2D eigenvalue weighted by Gasteiger charge is 2.19. The Labute approximate surface area is 150 Å². The van der Waals surface area contributed by atoms with Crippen molar-refractivity contribution >= 4 is 16.9 Å². The van der Waals surface area contributed by atoms with Crippen LogP contribution in [0.4, 0.5) is 0 Å². The zero-order chi connectivity index (χ0) is 18.8. The number of nitriles is 1. The molecule has 0 aliphatic carbocycles. The quantitative estimate of drug-likeness (QED) is 0.517. The van der Waals surface area contributed by atoms with Crippen LogP contribution in [0.5, 0.6) is 0 Å². The molecule has 8 heteroatoms. The molecule has 0 saturated carbocycles. The minimum atomic E-state index is -0.595. The van der Waals surface area contributed by atoms with Crippen LogP contribution >= 0.6 is 0 Å². The number of hydrogen-bond donors (Lipinski definition) is 0. The van der Waals surface area contributed by atoms with E-state index in [1.54, 1.807) is 10.9 Å². The standard InChI is InChI=1S/C18H19N5O3/c1-5-15-14(18(24)26-25-4)10-22(20-15)12-6-7-17-13(8-12)16(9-19)21-23(17)11(2)3/h6-8,10-11H,5H2,1-4H3. The van der Waals surface area contributed by atoms with Crippen LogP contribution in [-0.4, -0.2) is 32.6 Å². The van der Waals surface area contributed by atoms with Crippen LogP contribution in [0.25, 0.3) is 16.6 Å². The van der Waals surface area contributed by atoms with Crippen molar-refractivity contribution in [2.75, 3.05) is 7.11 Å². The third kappa shape index (κ3) is 2.93. The molecule has 3 rings (SSSR count). The number of carbonyl (C=O) groups is 1. The van der Waals surface area contributed by atoms with Gasteiger partial charge in [-0.3, -0.25) is 9.57 Å². The Kier molecular flexibility index (Phi) is 4.73. The molecule has 0 aliphatic heterocycles. The maximum Gasteiger partial charge on any atom is 0.376 e. The smallest absolute Gasteiger partial charge is 0.293 e. The minimum absolute atomic E-state index is 0.136. The summed E-state index contributed by atoms with van der Waals surface area (Å²) in [5, 5.41) is 19.0. The van der Waals surface area contributed by atoms with Crippen molar-refractivity contribution in [2.24, 2.45) is 0 Å². The summed E-state index contributed by atoms with van der Waals surface area (Å²) in [5.41, 5.74) is 2.90. The second-order valence-electron chi connectivity index (χ2n) is 6.03.